The molecule has 0 aliphatic carbocycles. The summed E-state index contributed by atoms with van der Waals surface area (Å²) in [5.41, 5.74) is 3.06. The molecule has 0 radical (unpaired) electrons. The number of thiazole rings is 1. The highest BCUT2D eigenvalue weighted by atomic mass is 32.2. The number of hydrogen-bond donors (Lipinski definition) is 3. The predicted octanol–water partition coefficient (Wildman–Crippen LogP) is 7.22. The lowest BCUT2D eigenvalue weighted by Crippen LogP contribution is -2.71. The molecule has 302 valence electrons. The van der Waals surface area contributed by atoms with Crippen LogP contribution in [-0.2, 0) is 35.9 Å². The van der Waals surface area contributed by atoms with Crippen molar-refractivity contribution < 1.29 is 33.9 Å². The van der Waals surface area contributed by atoms with E-state index in [4.69, 9.17) is 14.6 Å². The lowest BCUT2D eigenvalue weighted by atomic mass is 9.77. The molecule has 3 heterocycles. The molecule has 1 saturated heterocycles. The van der Waals surface area contributed by atoms with Crippen LogP contribution in [0.3, 0.4) is 0 Å². The minimum atomic E-state index is -1.04. The third-order valence-electron chi connectivity index (χ3n) is 9.71. The molecular weight excluding hydrogens is 787 g/mol. The summed E-state index contributed by atoms with van der Waals surface area (Å²) in [4.78, 5) is 64.9. The lowest BCUT2D eigenvalue weighted by Gasteiger charge is -2.50. The molecule has 59 heavy (non-hydrogen) atoms. The number of nitrogens with one attached hydrogen (secondary N) is 2. The zero-order valence-electron chi connectivity index (χ0n) is 32.9. The van der Waals surface area contributed by atoms with Gasteiger partial charge in [-0.1, -0.05) is 108 Å². The molecule has 2 aliphatic rings. The Morgan fingerprint density at radius 3 is 1.98 bits per heavy atom. The summed E-state index contributed by atoms with van der Waals surface area (Å²) in [6, 6.07) is 35.6. The molecule has 2 atom stereocenters. The van der Waals surface area contributed by atoms with Crippen molar-refractivity contribution in [1.82, 2.24) is 15.2 Å². The van der Waals surface area contributed by atoms with Crippen LogP contribution in [0.5, 0.6) is 0 Å². The molecule has 3 N–H and O–H groups in total. The monoisotopic (exact) mass is 829 g/mol. The number of oxime groups is 1. The highest BCUT2D eigenvalue weighted by Crippen LogP contribution is 2.43. The van der Waals surface area contributed by atoms with Gasteiger partial charge in [0.1, 0.15) is 40.6 Å². The number of hydrogen-bond acceptors (Lipinski definition) is 11. The number of anilines is 1. The number of carboxylic acid groups (broad SMARTS) is 1. The molecule has 0 saturated carbocycles. The number of benzene rings is 4. The van der Waals surface area contributed by atoms with Crippen LogP contribution >= 0.6 is 23.1 Å². The van der Waals surface area contributed by atoms with Gasteiger partial charge in [0.15, 0.2) is 10.8 Å². The van der Waals surface area contributed by atoms with E-state index in [2.05, 4.69) is 52.2 Å². The van der Waals surface area contributed by atoms with E-state index < -0.39 is 46.3 Å². The maximum atomic E-state index is 14.1. The van der Waals surface area contributed by atoms with Crippen molar-refractivity contribution in [2.45, 2.75) is 56.7 Å². The van der Waals surface area contributed by atoms with Crippen LogP contribution in [0.25, 0.3) is 0 Å². The van der Waals surface area contributed by atoms with E-state index >= 15 is 0 Å². The van der Waals surface area contributed by atoms with E-state index in [1.54, 1.807) is 45.2 Å². The second-order valence-electron chi connectivity index (χ2n) is 14.9. The fourth-order valence-electron chi connectivity index (χ4n) is 7.07. The molecule has 7 rings (SSSR count). The summed E-state index contributed by atoms with van der Waals surface area (Å²) in [6.07, 6.45) is 0.292. The Hall–Kier alpha value is -6.25. The lowest BCUT2D eigenvalue weighted by molar-refractivity contribution is -0.158. The number of aromatic nitrogens is 1. The van der Waals surface area contributed by atoms with Crippen LogP contribution in [0.2, 0.25) is 0 Å². The molecule has 4 aromatic carbocycles. The molecule has 0 spiro atoms. The Balaban J connectivity index is 1.16. The maximum absolute atomic E-state index is 14.1. The van der Waals surface area contributed by atoms with Gasteiger partial charge in [-0.15, -0.1) is 23.1 Å². The van der Waals surface area contributed by atoms with Crippen molar-refractivity contribution in [3.05, 3.63) is 165 Å². The van der Waals surface area contributed by atoms with E-state index in [1.807, 2.05) is 54.6 Å². The maximum Gasteiger partial charge on any atom is 0.355 e. The van der Waals surface area contributed by atoms with Crippen LogP contribution in [0.1, 0.15) is 66.0 Å². The number of thioether (sulfide) groups is 1. The summed E-state index contributed by atoms with van der Waals surface area (Å²) in [7, 11) is 0. The van der Waals surface area contributed by atoms with Gasteiger partial charge in [0, 0.05) is 11.1 Å². The minimum absolute atomic E-state index is 0.110. The SMILES string of the molecule is CCON=C(C(=O)NC1C(=O)N2C(C(=O)OC(C)(C)C)=C(Cc3ccc(C(=O)O)cc3)CS[C@@H]12)c1csc(NC(c2ccccc2)(c2ccccc2)c2ccccc2)n1. The number of β-lactam (4-membered cyclic amide) rings is 1. The number of carbonyl (C=O) groups is 4. The van der Waals surface area contributed by atoms with Crippen molar-refractivity contribution in [3.63, 3.8) is 0 Å². The molecule has 14 heteroatoms. The van der Waals surface area contributed by atoms with E-state index in [0.717, 1.165) is 22.3 Å². The smallest absolute Gasteiger partial charge is 0.355 e. The molecule has 12 nitrogen and oxygen atoms in total. The Morgan fingerprint density at radius 1 is 0.881 bits per heavy atom. The first kappa shape index (κ1) is 40.9. The largest absolute Gasteiger partial charge is 0.478 e. The Labute approximate surface area is 350 Å². The third-order valence-corrected chi connectivity index (χ3v) is 11.8. The number of ether oxygens (including phenoxy) is 1. The molecule has 0 bridgehead atoms. The predicted molar refractivity (Wildman–Crippen MR) is 228 cm³/mol. The molecule has 2 aliphatic heterocycles. The summed E-state index contributed by atoms with van der Waals surface area (Å²) in [5, 5.41) is 21.7. The summed E-state index contributed by atoms with van der Waals surface area (Å²) in [5.74, 6) is -2.48. The number of amides is 2. The molecule has 1 fully saturated rings. The zero-order chi connectivity index (χ0) is 41.7. The summed E-state index contributed by atoms with van der Waals surface area (Å²) >= 11 is 2.71. The van der Waals surface area contributed by atoms with Crippen LogP contribution in [-0.4, -0.2) is 73.8 Å². The van der Waals surface area contributed by atoms with E-state index in [1.165, 1.54) is 40.1 Å². The molecule has 1 aromatic heterocycles. The van der Waals surface area contributed by atoms with Crippen molar-refractivity contribution in [2.24, 2.45) is 5.16 Å². The van der Waals surface area contributed by atoms with Gasteiger partial charge in [-0.2, -0.15) is 0 Å². The standard InChI is InChI=1S/C45H43N5O7S2/c1-5-56-49-35(34-27-59-43(46-34)48-45(31-15-9-6-10-16-31,32-17-11-7-12-18-32)33-19-13-8-14-20-33)38(51)47-36-39(52)50-37(42(55)57-44(2,3)4)30(26-58-40(36)50)25-28-21-23-29(24-22-28)41(53)54/h6-24,27,36,40H,5,25-26H2,1-4H3,(H,46,48)(H,47,51)(H,53,54)/t36?,40-/m0/s1. The minimum Gasteiger partial charge on any atom is -0.478 e. The molecule has 2 amide bonds. The van der Waals surface area contributed by atoms with E-state index in [9.17, 15) is 24.3 Å². The van der Waals surface area contributed by atoms with E-state index in [0.29, 0.717) is 22.9 Å². The number of fused-ring (bicyclic) bond motifs is 1. The normalized spacial score (nSPS) is 16.8. The molecule has 1 unspecified atom stereocenters. The average molecular weight is 830 g/mol. The highest BCUT2D eigenvalue weighted by molar-refractivity contribution is 8.00. The second kappa shape index (κ2) is 17.3. The van der Waals surface area contributed by atoms with E-state index in [-0.39, 0.29) is 29.3 Å². The van der Waals surface area contributed by atoms with Crippen LogP contribution < -0.4 is 10.6 Å². The number of carbonyl (C=O) groups excluding carboxylic acids is 3. The number of carboxylic acids is 1. The quantitative estimate of drug-likeness (QED) is 0.0343. The van der Waals surface area contributed by atoms with Gasteiger partial charge in [-0.3, -0.25) is 14.5 Å². The number of nitrogens with zero attached hydrogens (tertiary/aromatic N) is 3. The second-order valence-corrected chi connectivity index (χ2v) is 16.8. The van der Waals surface area contributed by atoms with Gasteiger partial charge >= 0.3 is 11.9 Å². The summed E-state index contributed by atoms with van der Waals surface area (Å²) in [6.45, 7) is 7.17. The van der Waals surface area contributed by atoms with Gasteiger partial charge in [0.05, 0.1) is 5.56 Å². The van der Waals surface area contributed by atoms with Gasteiger partial charge in [0.25, 0.3) is 11.8 Å². The third kappa shape index (κ3) is 8.64. The number of rotatable bonds is 14. The van der Waals surface area contributed by atoms with Crippen molar-refractivity contribution in [2.75, 3.05) is 17.7 Å². The fraction of sp³-hybridized carbons (Fsp3) is 0.244. The first-order valence-corrected chi connectivity index (χ1v) is 21.0. The van der Waals surface area contributed by atoms with Crippen LogP contribution in [0.15, 0.2) is 137 Å². The number of aromatic carboxylic acids is 1. The Bertz CT molecular complexity index is 2300. The molecule has 5 aromatic rings. The first-order chi connectivity index (χ1) is 28.4. The zero-order valence-corrected chi connectivity index (χ0v) is 34.5. The van der Waals surface area contributed by atoms with Gasteiger partial charge in [-0.05, 0) is 74.1 Å². The van der Waals surface area contributed by atoms with Gasteiger partial charge in [0.2, 0.25) is 0 Å². The average Bonchev–Trinajstić information content (AvgIpc) is 3.70. The summed E-state index contributed by atoms with van der Waals surface area (Å²) < 4.78 is 5.76. The number of esters is 1. The van der Waals surface area contributed by atoms with Crippen molar-refractivity contribution in [3.8, 4) is 0 Å². The topological polar surface area (TPSA) is 160 Å². The van der Waals surface area contributed by atoms with Crippen molar-refractivity contribution in [1.29, 1.82) is 0 Å². The Kier molecular flexibility index (Phi) is 12.0. The van der Waals surface area contributed by atoms with Gasteiger partial charge in [-0.25, -0.2) is 14.6 Å². The van der Waals surface area contributed by atoms with Crippen LogP contribution in [0.4, 0.5) is 5.13 Å². The molecular formula is C45H43N5O7S2. The highest BCUT2D eigenvalue weighted by Gasteiger charge is 2.55. The Morgan fingerprint density at radius 2 is 1.46 bits per heavy atom. The first-order valence-electron chi connectivity index (χ1n) is 19.0. The van der Waals surface area contributed by atoms with Crippen molar-refractivity contribution >= 4 is 57.7 Å². The van der Waals surface area contributed by atoms with Gasteiger partial charge < -0.3 is 25.3 Å². The fourth-order valence-corrected chi connectivity index (χ4v) is 9.17. The van der Waals surface area contributed by atoms with Crippen LogP contribution in [0, 0.1) is 0 Å².